The smallest absolute Gasteiger partial charge is 0.240 e. The van der Waals surface area contributed by atoms with Crippen LogP contribution in [0.1, 0.15) is 50.9 Å². The Balaban J connectivity index is 1.68. The number of Topliss-reactive ketones (excluding diaryl/α,β-unsaturated/α-hetero) is 1. The molecule has 2 atom stereocenters. The minimum absolute atomic E-state index is 0.0372. The SMILES string of the molecule is CCCC12C[NH+]3CC(C)(C[NH+](C1)C3c1ccc(CC)cc1)C2=O. The number of piperidine rings is 2. The fraction of sp³-hybridized carbons (Fsp3) is 0.650. The second kappa shape index (κ2) is 5.15. The van der Waals surface area contributed by atoms with Crippen molar-refractivity contribution in [3.05, 3.63) is 35.4 Å². The monoisotopic (exact) mass is 314 g/mol. The number of nitrogens with one attached hydrogen (secondary N) is 2. The number of aryl methyl sites for hydroxylation is 1. The van der Waals surface area contributed by atoms with Crippen LogP contribution < -0.4 is 9.80 Å². The molecule has 124 valence electrons. The van der Waals surface area contributed by atoms with Crippen LogP contribution in [0.15, 0.2) is 24.3 Å². The van der Waals surface area contributed by atoms with Crippen molar-refractivity contribution < 1.29 is 14.6 Å². The highest BCUT2D eigenvalue weighted by Crippen LogP contribution is 2.39. The van der Waals surface area contributed by atoms with Crippen LogP contribution in [0.2, 0.25) is 0 Å². The van der Waals surface area contributed by atoms with Crippen molar-refractivity contribution in [2.75, 3.05) is 26.2 Å². The average Bonchev–Trinajstić information content (AvgIpc) is 2.52. The third kappa shape index (κ3) is 2.13. The number of hydrogen-bond acceptors (Lipinski definition) is 1. The van der Waals surface area contributed by atoms with Gasteiger partial charge < -0.3 is 0 Å². The predicted octanol–water partition coefficient (Wildman–Crippen LogP) is 0.420. The van der Waals surface area contributed by atoms with Crippen molar-refractivity contribution >= 4 is 5.78 Å². The molecule has 2 N–H and O–H groups in total. The van der Waals surface area contributed by atoms with Gasteiger partial charge in [-0.15, -0.1) is 0 Å². The van der Waals surface area contributed by atoms with Gasteiger partial charge in [-0.05, 0) is 37.5 Å². The summed E-state index contributed by atoms with van der Waals surface area (Å²) in [6.07, 6.45) is 3.84. The fourth-order valence-electron chi connectivity index (χ4n) is 5.97. The maximum Gasteiger partial charge on any atom is 0.240 e. The Morgan fingerprint density at radius 3 is 2.17 bits per heavy atom. The van der Waals surface area contributed by atoms with Gasteiger partial charge in [0.15, 0.2) is 5.78 Å². The molecule has 4 saturated heterocycles. The van der Waals surface area contributed by atoms with Gasteiger partial charge in [-0.25, -0.2) is 0 Å². The third-order valence-corrected chi connectivity index (χ3v) is 6.66. The highest BCUT2D eigenvalue weighted by molar-refractivity contribution is 5.91. The number of carbonyl (C=O) groups is 1. The van der Waals surface area contributed by atoms with E-state index < -0.39 is 0 Å². The molecule has 0 aliphatic carbocycles. The maximum atomic E-state index is 13.1. The Bertz CT molecular complexity index is 605. The molecule has 0 aromatic heterocycles. The molecule has 4 bridgehead atoms. The molecule has 4 aliphatic heterocycles. The molecule has 0 amide bonds. The first kappa shape index (κ1) is 15.3. The molecule has 23 heavy (non-hydrogen) atoms. The van der Waals surface area contributed by atoms with Crippen LogP contribution in [0.4, 0.5) is 0 Å². The second-order valence-electron chi connectivity index (χ2n) is 8.47. The lowest BCUT2D eigenvalue weighted by Crippen LogP contribution is -3.41. The van der Waals surface area contributed by atoms with Crippen LogP contribution >= 0.6 is 0 Å². The van der Waals surface area contributed by atoms with E-state index in [2.05, 4.69) is 45.0 Å². The Kier molecular flexibility index (Phi) is 3.44. The van der Waals surface area contributed by atoms with E-state index in [4.69, 9.17) is 0 Å². The van der Waals surface area contributed by atoms with Gasteiger partial charge in [0.05, 0.1) is 18.7 Å². The summed E-state index contributed by atoms with van der Waals surface area (Å²) in [5, 5.41) is 0. The molecule has 4 heterocycles. The Morgan fingerprint density at radius 2 is 1.65 bits per heavy atom. The van der Waals surface area contributed by atoms with E-state index in [1.54, 1.807) is 9.80 Å². The highest BCUT2D eigenvalue weighted by Gasteiger charge is 2.69. The van der Waals surface area contributed by atoms with Gasteiger partial charge in [0.25, 0.3) is 0 Å². The van der Waals surface area contributed by atoms with Crippen molar-refractivity contribution in [2.45, 2.75) is 46.2 Å². The van der Waals surface area contributed by atoms with Crippen LogP contribution in [0.25, 0.3) is 0 Å². The summed E-state index contributed by atoms with van der Waals surface area (Å²) < 4.78 is 0. The summed E-state index contributed by atoms with van der Waals surface area (Å²) in [5.41, 5.74) is 2.76. The first-order chi connectivity index (χ1) is 11.0. The molecular weight excluding hydrogens is 284 g/mol. The number of ketones is 1. The van der Waals surface area contributed by atoms with Crippen molar-refractivity contribution in [3.63, 3.8) is 0 Å². The molecule has 3 heteroatoms. The summed E-state index contributed by atoms with van der Waals surface area (Å²) in [7, 11) is 0. The lowest BCUT2D eigenvalue weighted by Gasteiger charge is -2.59. The fourth-order valence-corrected chi connectivity index (χ4v) is 5.97. The molecule has 4 aliphatic rings. The zero-order chi connectivity index (χ0) is 16.2. The molecule has 2 unspecified atom stereocenters. The van der Waals surface area contributed by atoms with Crippen LogP contribution in [-0.4, -0.2) is 32.0 Å². The van der Waals surface area contributed by atoms with Gasteiger partial charge in [0.1, 0.15) is 23.9 Å². The van der Waals surface area contributed by atoms with Gasteiger partial charge in [-0.2, -0.15) is 0 Å². The summed E-state index contributed by atoms with van der Waals surface area (Å²) in [6, 6.07) is 9.25. The molecule has 0 radical (unpaired) electrons. The van der Waals surface area contributed by atoms with Crippen LogP contribution in [0, 0.1) is 10.8 Å². The van der Waals surface area contributed by atoms with Gasteiger partial charge in [-0.3, -0.25) is 14.6 Å². The maximum absolute atomic E-state index is 13.1. The Morgan fingerprint density at radius 1 is 1.04 bits per heavy atom. The first-order valence-electron chi connectivity index (χ1n) is 9.34. The Hall–Kier alpha value is -1.19. The summed E-state index contributed by atoms with van der Waals surface area (Å²) in [4.78, 5) is 16.4. The summed E-state index contributed by atoms with van der Waals surface area (Å²) >= 11 is 0. The van der Waals surface area contributed by atoms with E-state index in [-0.39, 0.29) is 10.8 Å². The molecule has 1 aromatic carbocycles. The molecule has 3 nitrogen and oxygen atoms in total. The van der Waals surface area contributed by atoms with Gasteiger partial charge in [0, 0.05) is 0 Å². The van der Waals surface area contributed by atoms with Crippen LogP contribution in [0.3, 0.4) is 0 Å². The molecule has 0 saturated carbocycles. The van der Waals surface area contributed by atoms with E-state index in [0.29, 0.717) is 11.9 Å². The lowest BCUT2D eigenvalue weighted by molar-refractivity contribution is -1.18. The third-order valence-electron chi connectivity index (χ3n) is 6.66. The topological polar surface area (TPSA) is 26.0 Å². The summed E-state index contributed by atoms with van der Waals surface area (Å²) in [6.45, 7) is 10.8. The second-order valence-corrected chi connectivity index (χ2v) is 8.47. The Labute approximate surface area is 139 Å². The normalized spacial score (nSPS) is 41.5. The molecule has 1 aromatic rings. The van der Waals surface area contributed by atoms with Gasteiger partial charge in [-0.1, -0.05) is 32.4 Å². The standard InChI is InChI=1S/C20H28N2O/c1-4-10-20-13-21-11-19(3,18(20)23)12-22(14-20)17(21)16-8-6-15(5-2)7-9-16/h6-9,17H,4-5,10-14H2,1-3H3/p+2. The van der Waals surface area contributed by atoms with E-state index in [1.807, 2.05) is 0 Å². The number of quaternary nitrogens is 2. The van der Waals surface area contributed by atoms with E-state index in [1.165, 1.54) is 11.1 Å². The molecule has 5 rings (SSSR count). The van der Waals surface area contributed by atoms with Gasteiger partial charge >= 0.3 is 0 Å². The molecule has 4 fully saturated rings. The van der Waals surface area contributed by atoms with E-state index >= 15 is 0 Å². The molecular formula is C20H30N2O+2. The zero-order valence-corrected chi connectivity index (χ0v) is 14.7. The number of benzene rings is 1. The minimum Gasteiger partial charge on any atom is -0.297 e. The average molecular weight is 314 g/mol. The van der Waals surface area contributed by atoms with E-state index in [0.717, 1.165) is 45.4 Å². The predicted molar refractivity (Wildman–Crippen MR) is 90.4 cm³/mol. The van der Waals surface area contributed by atoms with Crippen molar-refractivity contribution in [3.8, 4) is 0 Å². The number of carbonyl (C=O) groups excluding carboxylic acids is 1. The number of hydrogen-bond donors (Lipinski definition) is 2. The van der Waals surface area contributed by atoms with E-state index in [9.17, 15) is 4.79 Å². The molecule has 0 spiro atoms. The van der Waals surface area contributed by atoms with Crippen molar-refractivity contribution in [1.82, 2.24) is 0 Å². The zero-order valence-electron chi connectivity index (χ0n) is 14.7. The lowest BCUT2D eigenvalue weighted by atomic mass is 9.59. The van der Waals surface area contributed by atoms with Crippen LogP contribution in [0.5, 0.6) is 0 Å². The largest absolute Gasteiger partial charge is 0.297 e. The quantitative estimate of drug-likeness (QED) is 0.828. The van der Waals surface area contributed by atoms with Crippen molar-refractivity contribution in [2.24, 2.45) is 10.8 Å². The van der Waals surface area contributed by atoms with Crippen molar-refractivity contribution in [1.29, 1.82) is 0 Å². The summed E-state index contributed by atoms with van der Waals surface area (Å²) in [5.74, 6) is 0.583. The highest BCUT2D eigenvalue weighted by atomic mass is 16.1. The number of rotatable bonds is 4. The first-order valence-corrected chi connectivity index (χ1v) is 9.34. The van der Waals surface area contributed by atoms with Gasteiger partial charge in [0.2, 0.25) is 6.17 Å². The van der Waals surface area contributed by atoms with Crippen LogP contribution in [-0.2, 0) is 11.2 Å². The minimum atomic E-state index is -0.0871.